The van der Waals surface area contributed by atoms with Crippen LogP contribution in [-0.4, -0.2) is 29.4 Å². The van der Waals surface area contributed by atoms with Crippen LogP contribution in [0.15, 0.2) is 29.4 Å². The lowest BCUT2D eigenvalue weighted by molar-refractivity contribution is 0.0950. The van der Waals surface area contributed by atoms with E-state index in [1.54, 1.807) is 31.4 Å². The van der Waals surface area contributed by atoms with Crippen molar-refractivity contribution >= 4 is 23.7 Å². The van der Waals surface area contributed by atoms with E-state index in [0.29, 0.717) is 10.8 Å². The lowest BCUT2D eigenvalue weighted by atomic mass is 10.2. The normalized spacial score (nSPS) is 10.8. The second-order valence-corrected chi connectivity index (χ2v) is 4.44. The molecule has 0 saturated heterocycles. The van der Waals surface area contributed by atoms with Crippen molar-refractivity contribution in [3.8, 4) is 5.75 Å². The van der Waals surface area contributed by atoms with E-state index in [0.717, 1.165) is 11.3 Å². The lowest BCUT2D eigenvalue weighted by Gasteiger charge is -2.02. The number of nitrogens with zero attached hydrogens (tertiary/aromatic N) is 2. The average Bonchev–Trinajstić information content (AvgIpc) is 2.85. The molecule has 7 heteroatoms. The van der Waals surface area contributed by atoms with Crippen LogP contribution < -0.4 is 10.2 Å². The molecule has 104 valence electrons. The first kappa shape index (κ1) is 14.1. The molecule has 0 aliphatic carbocycles. The van der Waals surface area contributed by atoms with E-state index >= 15 is 0 Å². The highest BCUT2D eigenvalue weighted by Gasteiger charge is 2.07. The largest absolute Gasteiger partial charge is 0.495 e. The van der Waals surface area contributed by atoms with Gasteiger partial charge in [0.05, 0.1) is 18.3 Å². The topological polar surface area (TPSA) is 79.4 Å². The average molecular weight is 293 g/mol. The first-order valence-electron chi connectivity index (χ1n) is 5.79. The number of hydrogen-bond acceptors (Lipinski definition) is 4. The van der Waals surface area contributed by atoms with Crippen molar-refractivity contribution in [1.29, 1.82) is 0 Å². The fraction of sp³-hybridized carbons (Fsp3) is 0.154. The molecule has 0 radical (unpaired) electrons. The Hall–Kier alpha value is -2.34. The molecule has 1 aromatic carbocycles. The maximum atomic E-state index is 11.7. The third-order valence-corrected chi connectivity index (χ3v) is 2.79. The lowest BCUT2D eigenvalue weighted by Crippen LogP contribution is -2.18. The minimum absolute atomic E-state index is 0.285. The third-order valence-electron chi connectivity index (χ3n) is 2.49. The molecule has 0 saturated carbocycles. The van der Waals surface area contributed by atoms with E-state index in [-0.39, 0.29) is 11.6 Å². The summed E-state index contributed by atoms with van der Waals surface area (Å²) >= 11 is 5.98. The number of hydrazone groups is 1. The Balaban J connectivity index is 2.00. The third kappa shape index (κ3) is 3.36. The quantitative estimate of drug-likeness (QED) is 0.669. The van der Waals surface area contributed by atoms with E-state index in [1.807, 2.05) is 6.92 Å². The zero-order chi connectivity index (χ0) is 14.5. The van der Waals surface area contributed by atoms with Gasteiger partial charge < -0.3 is 4.74 Å². The van der Waals surface area contributed by atoms with E-state index in [9.17, 15) is 4.79 Å². The molecular formula is C13H13ClN4O2. The summed E-state index contributed by atoms with van der Waals surface area (Å²) < 4.78 is 5.04. The number of H-pyrrole nitrogens is 1. The molecular weight excluding hydrogens is 280 g/mol. The number of carbonyl (C=O) groups excluding carboxylic acids is 1. The van der Waals surface area contributed by atoms with Crippen LogP contribution in [0.2, 0.25) is 5.02 Å². The van der Waals surface area contributed by atoms with Crippen LogP contribution in [0, 0.1) is 6.92 Å². The van der Waals surface area contributed by atoms with Crippen molar-refractivity contribution in [3.05, 3.63) is 46.2 Å². The Kier molecular flexibility index (Phi) is 4.37. The summed E-state index contributed by atoms with van der Waals surface area (Å²) in [4.78, 5) is 11.7. The molecule has 1 amide bonds. The Bertz CT molecular complexity index is 652. The molecule has 0 unspecified atom stereocenters. The Morgan fingerprint density at radius 1 is 1.50 bits per heavy atom. The minimum Gasteiger partial charge on any atom is -0.495 e. The maximum Gasteiger partial charge on any atom is 0.291 e. The molecule has 0 spiro atoms. The number of halogens is 1. The van der Waals surface area contributed by atoms with Crippen LogP contribution in [0.1, 0.15) is 21.7 Å². The summed E-state index contributed by atoms with van der Waals surface area (Å²) in [5, 5.41) is 10.8. The fourth-order valence-electron chi connectivity index (χ4n) is 1.52. The Morgan fingerprint density at radius 3 is 2.90 bits per heavy atom. The van der Waals surface area contributed by atoms with Crippen molar-refractivity contribution in [2.24, 2.45) is 5.10 Å². The van der Waals surface area contributed by atoms with Crippen molar-refractivity contribution < 1.29 is 9.53 Å². The highest BCUT2D eigenvalue weighted by Crippen LogP contribution is 2.24. The van der Waals surface area contributed by atoms with E-state index in [2.05, 4.69) is 20.7 Å². The molecule has 2 aromatic rings. The predicted octanol–water partition coefficient (Wildman–Crippen LogP) is 2.14. The molecule has 1 heterocycles. The van der Waals surface area contributed by atoms with Crippen molar-refractivity contribution in [2.45, 2.75) is 6.92 Å². The molecule has 2 rings (SSSR count). The zero-order valence-electron chi connectivity index (χ0n) is 11.0. The van der Waals surface area contributed by atoms with Gasteiger partial charge in [0.25, 0.3) is 5.91 Å². The van der Waals surface area contributed by atoms with Crippen molar-refractivity contribution in [3.63, 3.8) is 0 Å². The zero-order valence-corrected chi connectivity index (χ0v) is 11.7. The van der Waals surface area contributed by atoms with Gasteiger partial charge in [-0.3, -0.25) is 9.89 Å². The number of rotatable bonds is 4. The summed E-state index contributed by atoms with van der Waals surface area (Å²) in [6.07, 6.45) is 1.49. The van der Waals surface area contributed by atoms with Gasteiger partial charge in [-0.05, 0) is 36.8 Å². The molecule has 6 nitrogen and oxygen atoms in total. The molecule has 0 fully saturated rings. The maximum absolute atomic E-state index is 11.7. The number of aromatic nitrogens is 2. The molecule has 0 aliphatic rings. The second kappa shape index (κ2) is 6.21. The number of benzene rings is 1. The first-order chi connectivity index (χ1) is 9.60. The van der Waals surface area contributed by atoms with Gasteiger partial charge in [-0.25, -0.2) is 5.43 Å². The van der Waals surface area contributed by atoms with E-state index in [4.69, 9.17) is 16.3 Å². The van der Waals surface area contributed by atoms with Crippen LogP contribution in [0.4, 0.5) is 0 Å². The van der Waals surface area contributed by atoms with Crippen LogP contribution in [-0.2, 0) is 0 Å². The molecule has 1 aromatic heterocycles. The van der Waals surface area contributed by atoms with Crippen molar-refractivity contribution in [1.82, 2.24) is 15.6 Å². The number of ether oxygens (including phenoxy) is 1. The number of hydrogen-bond donors (Lipinski definition) is 2. The Morgan fingerprint density at radius 2 is 2.30 bits per heavy atom. The molecule has 0 bridgehead atoms. The number of nitrogens with one attached hydrogen (secondary N) is 2. The van der Waals surface area contributed by atoms with Gasteiger partial charge in [-0.15, -0.1) is 0 Å². The van der Waals surface area contributed by atoms with Crippen LogP contribution in [0.3, 0.4) is 0 Å². The summed E-state index contributed by atoms with van der Waals surface area (Å²) in [5.41, 5.74) is 4.22. The highest BCUT2D eigenvalue weighted by atomic mass is 35.5. The van der Waals surface area contributed by atoms with Gasteiger partial charge in [0.2, 0.25) is 0 Å². The number of methoxy groups -OCH3 is 1. The summed E-state index contributed by atoms with van der Waals surface area (Å²) in [6, 6.07) is 6.82. The van der Waals surface area contributed by atoms with Crippen LogP contribution in [0.5, 0.6) is 5.75 Å². The predicted molar refractivity (Wildman–Crippen MR) is 76.4 cm³/mol. The fourth-order valence-corrected chi connectivity index (χ4v) is 1.79. The number of aromatic amines is 1. The summed E-state index contributed by atoms with van der Waals surface area (Å²) in [5.74, 6) is 0.199. The molecule has 2 N–H and O–H groups in total. The van der Waals surface area contributed by atoms with Gasteiger partial charge in [0, 0.05) is 5.69 Å². The molecule has 0 atom stereocenters. The van der Waals surface area contributed by atoms with Crippen molar-refractivity contribution in [2.75, 3.05) is 7.11 Å². The molecule has 0 aliphatic heterocycles. The smallest absolute Gasteiger partial charge is 0.291 e. The van der Waals surface area contributed by atoms with Crippen LogP contribution in [0.25, 0.3) is 0 Å². The van der Waals surface area contributed by atoms with Gasteiger partial charge >= 0.3 is 0 Å². The number of carbonyl (C=O) groups is 1. The second-order valence-electron chi connectivity index (χ2n) is 4.03. The first-order valence-corrected chi connectivity index (χ1v) is 6.17. The van der Waals surface area contributed by atoms with Gasteiger partial charge in [-0.1, -0.05) is 11.6 Å². The van der Waals surface area contributed by atoms with E-state index < -0.39 is 0 Å². The SMILES string of the molecule is COc1ccc(/C=N/NC(=O)c2cc(C)[nH]n2)cc1Cl. The van der Waals surface area contributed by atoms with Crippen LogP contribution >= 0.6 is 11.6 Å². The Labute approximate surface area is 120 Å². The number of aryl methyl sites for hydroxylation is 1. The monoisotopic (exact) mass is 292 g/mol. The van der Waals surface area contributed by atoms with E-state index in [1.165, 1.54) is 6.21 Å². The van der Waals surface area contributed by atoms with Gasteiger partial charge in [0.15, 0.2) is 5.69 Å². The molecule has 20 heavy (non-hydrogen) atoms. The van der Waals surface area contributed by atoms with Gasteiger partial charge in [0.1, 0.15) is 5.75 Å². The highest BCUT2D eigenvalue weighted by molar-refractivity contribution is 6.32. The summed E-state index contributed by atoms with van der Waals surface area (Å²) in [7, 11) is 1.54. The van der Waals surface area contributed by atoms with Gasteiger partial charge in [-0.2, -0.15) is 10.2 Å². The standard InChI is InChI=1S/C13H13ClN4O2/c1-8-5-11(17-16-8)13(19)18-15-7-9-3-4-12(20-2)10(14)6-9/h3-7H,1-2H3,(H,16,17)(H,18,19)/b15-7+. The number of amides is 1. The minimum atomic E-state index is -0.384. The summed E-state index contributed by atoms with van der Waals surface area (Å²) in [6.45, 7) is 1.81.